The molecule has 55 heavy (non-hydrogen) atoms. The summed E-state index contributed by atoms with van der Waals surface area (Å²) in [7, 11) is 0. The van der Waals surface area contributed by atoms with E-state index in [0.717, 1.165) is 6.07 Å². The molecule has 0 unspecified atom stereocenters. The number of benzene rings is 6. The Kier molecular flexibility index (Phi) is 8.39. The first kappa shape index (κ1) is 34.8. The van der Waals surface area contributed by atoms with Crippen LogP contribution in [0.1, 0.15) is 22.3 Å². The Labute approximate surface area is 308 Å². The molecule has 0 spiro atoms. The first-order chi connectivity index (χ1) is 26.4. The van der Waals surface area contributed by atoms with Crippen LogP contribution in [0.15, 0.2) is 133 Å². The van der Waals surface area contributed by atoms with Gasteiger partial charge < -0.3 is 4.57 Å². The molecular formula is C43H22F6N6. The number of nitrogens with zero attached hydrogens (tertiary/aromatic N) is 6. The highest BCUT2D eigenvalue weighted by molar-refractivity contribution is 6.10. The van der Waals surface area contributed by atoms with Crippen LogP contribution in [0.25, 0.3) is 72.8 Å². The minimum absolute atomic E-state index is 0.0307. The summed E-state index contributed by atoms with van der Waals surface area (Å²) >= 11 is 0. The fraction of sp³-hybridized carbons (Fsp3) is 0.0465. The number of fused-ring (bicyclic) bond motifs is 3. The molecule has 266 valence electrons. The molecule has 6 aromatic carbocycles. The van der Waals surface area contributed by atoms with Crippen molar-refractivity contribution in [3.8, 4) is 63.1 Å². The van der Waals surface area contributed by atoms with Gasteiger partial charge in [-0.1, -0.05) is 72.8 Å². The van der Waals surface area contributed by atoms with Gasteiger partial charge in [-0.15, -0.1) is 0 Å². The Bertz CT molecular complexity index is 2740. The quantitative estimate of drug-likeness (QED) is 0.164. The standard InChI is InChI=1S/C43H22F6N6/c44-42(45,46)29-13-15-32(36(21-29)43(47,48)49)31-16-14-30(55-37-17-11-25(23-50)19-33(37)34-20-26(24-51)12-18-38(34)55)22-35(31)41-53-39(27-7-3-1-4-8-27)52-40(54-41)28-9-5-2-6-10-28/h1-22H. The van der Waals surface area contributed by atoms with Crippen molar-refractivity contribution < 1.29 is 26.3 Å². The summed E-state index contributed by atoms with van der Waals surface area (Å²) in [6.07, 6.45) is -10.2. The van der Waals surface area contributed by atoms with E-state index in [4.69, 9.17) is 15.0 Å². The van der Waals surface area contributed by atoms with E-state index in [1.54, 1.807) is 109 Å². The Morgan fingerprint density at radius 1 is 0.473 bits per heavy atom. The highest BCUT2D eigenvalue weighted by atomic mass is 19.4. The van der Waals surface area contributed by atoms with Gasteiger partial charge in [-0.3, -0.25) is 0 Å². The maximum atomic E-state index is 14.7. The first-order valence-electron chi connectivity index (χ1n) is 16.6. The van der Waals surface area contributed by atoms with Crippen LogP contribution in [0.5, 0.6) is 0 Å². The Hall–Kier alpha value is -7.31. The normalized spacial score (nSPS) is 11.8. The molecule has 2 aromatic heterocycles. The molecule has 0 aliphatic rings. The molecule has 12 heteroatoms. The average molecular weight is 737 g/mol. The van der Waals surface area contributed by atoms with Gasteiger partial charge in [-0.25, -0.2) is 15.0 Å². The largest absolute Gasteiger partial charge is 0.417 e. The SMILES string of the molecule is N#Cc1ccc2c(c1)c1cc(C#N)ccc1n2-c1ccc(-c2ccc(C(F)(F)F)cc2C(F)(F)F)c(-c2nc(-c3ccccc3)nc(-c3ccccc3)n2)c1. The van der Waals surface area contributed by atoms with Crippen LogP contribution in [-0.4, -0.2) is 19.5 Å². The molecule has 2 heterocycles. The van der Waals surface area contributed by atoms with Crippen LogP contribution >= 0.6 is 0 Å². The third-order valence-corrected chi connectivity index (χ3v) is 9.17. The zero-order valence-electron chi connectivity index (χ0n) is 28.2. The molecule has 8 aromatic rings. The molecule has 0 saturated carbocycles. The second-order valence-electron chi connectivity index (χ2n) is 12.5. The summed E-state index contributed by atoms with van der Waals surface area (Å²) in [4.78, 5) is 14.2. The van der Waals surface area contributed by atoms with Crippen molar-refractivity contribution >= 4 is 21.8 Å². The van der Waals surface area contributed by atoms with E-state index in [-0.39, 0.29) is 34.7 Å². The van der Waals surface area contributed by atoms with Gasteiger partial charge in [0.1, 0.15) is 0 Å². The number of hydrogen-bond acceptors (Lipinski definition) is 5. The van der Waals surface area contributed by atoms with Crippen molar-refractivity contribution in [3.05, 3.63) is 156 Å². The monoisotopic (exact) mass is 736 g/mol. The molecule has 0 aliphatic heterocycles. The number of rotatable bonds is 5. The van der Waals surface area contributed by atoms with Gasteiger partial charge >= 0.3 is 12.4 Å². The lowest BCUT2D eigenvalue weighted by Crippen LogP contribution is -2.12. The molecule has 8 rings (SSSR count). The van der Waals surface area contributed by atoms with E-state index >= 15 is 0 Å². The first-order valence-corrected chi connectivity index (χ1v) is 16.6. The van der Waals surface area contributed by atoms with E-state index in [2.05, 4.69) is 12.1 Å². The van der Waals surface area contributed by atoms with Gasteiger partial charge in [-0.2, -0.15) is 36.9 Å². The zero-order valence-corrected chi connectivity index (χ0v) is 28.2. The summed E-state index contributed by atoms with van der Waals surface area (Å²) in [6.45, 7) is 0. The van der Waals surface area contributed by atoms with Crippen LogP contribution < -0.4 is 0 Å². The predicted molar refractivity (Wildman–Crippen MR) is 195 cm³/mol. The van der Waals surface area contributed by atoms with Crippen molar-refractivity contribution in [2.24, 2.45) is 0 Å². The molecule has 0 saturated heterocycles. The van der Waals surface area contributed by atoms with Crippen molar-refractivity contribution in [1.82, 2.24) is 19.5 Å². The Morgan fingerprint density at radius 2 is 0.982 bits per heavy atom. The van der Waals surface area contributed by atoms with E-state index in [1.165, 1.54) is 6.07 Å². The Balaban J connectivity index is 1.47. The second-order valence-corrected chi connectivity index (χ2v) is 12.5. The fourth-order valence-electron chi connectivity index (χ4n) is 6.65. The number of halogens is 6. The molecular weight excluding hydrogens is 715 g/mol. The molecule has 0 aliphatic carbocycles. The molecule has 0 N–H and O–H groups in total. The third kappa shape index (κ3) is 6.40. The van der Waals surface area contributed by atoms with Gasteiger partial charge in [0.2, 0.25) is 0 Å². The summed E-state index contributed by atoms with van der Waals surface area (Å²) in [6, 6.07) is 38.2. The molecule has 0 amide bonds. The van der Waals surface area contributed by atoms with Crippen LogP contribution in [0.2, 0.25) is 0 Å². The second kappa shape index (κ2) is 13.3. The molecule has 0 bridgehead atoms. The summed E-state index contributed by atoms with van der Waals surface area (Å²) in [5, 5.41) is 20.6. The van der Waals surface area contributed by atoms with Crippen molar-refractivity contribution in [2.75, 3.05) is 0 Å². The Morgan fingerprint density at radius 3 is 1.47 bits per heavy atom. The van der Waals surface area contributed by atoms with E-state index < -0.39 is 29.0 Å². The molecule has 0 fully saturated rings. The highest BCUT2D eigenvalue weighted by Gasteiger charge is 2.39. The van der Waals surface area contributed by atoms with Gasteiger partial charge in [0.05, 0.1) is 45.4 Å². The van der Waals surface area contributed by atoms with Crippen LogP contribution in [-0.2, 0) is 12.4 Å². The smallest absolute Gasteiger partial charge is 0.309 e. The van der Waals surface area contributed by atoms with Crippen LogP contribution in [0, 0.1) is 22.7 Å². The predicted octanol–water partition coefficient (Wildman–Crippen LogP) is 11.4. The molecule has 0 radical (unpaired) electrons. The molecule has 0 atom stereocenters. The van der Waals surface area contributed by atoms with Crippen LogP contribution in [0.4, 0.5) is 26.3 Å². The maximum Gasteiger partial charge on any atom is 0.417 e. The van der Waals surface area contributed by atoms with Gasteiger partial charge in [-0.05, 0) is 71.8 Å². The van der Waals surface area contributed by atoms with Gasteiger partial charge in [0.15, 0.2) is 17.5 Å². The van der Waals surface area contributed by atoms with Crippen LogP contribution in [0.3, 0.4) is 0 Å². The lowest BCUT2D eigenvalue weighted by molar-refractivity contribution is -0.142. The number of nitriles is 2. The fourth-order valence-corrected chi connectivity index (χ4v) is 6.65. The maximum absolute atomic E-state index is 14.7. The van der Waals surface area contributed by atoms with Crippen molar-refractivity contribution in [2.45, 2.75) is 12.4 Å². The van der Waals surface area contributed by atoms with E-state index in [0.29, 0.717) is 55.8 Å². The van der Waals surface area contributed by atoms with E-state index in [1.807, 2.05) is 4.57 Å². The lowest BCUT2D eigenvalue weighted by Gasteiger charge is -2.19. The van der Waals surface area contributed by atoms with Gasteiger partial charge in [0.25, 0.3) is 0 Å². The number of alkyl halides is 6. The summed E-state index contributed by atoms with van der Waals surface area (Å²) in [5.74, 6) is 0.403. The molecule has 6 nitrogen and oxygen atoms in total. The topological polar surface area (TPSA) is 91.2 Å². The lowest BCUT2D eigenvalue weighted by atomic mass is 9.92. The minimum atomic E-state index is -5.17. The highest BCUT2D eigenvalue weighted by Crippen LogP contribution is 2.45. The third-order valence-electron chi connectivity index (χ3n) is 9.17. The van der Waals surface area contributed by atoms with Crippen molar-refractivity contribution in [1.29, 1.82) is 10.5 Å². The minimum Gasteiger partial charge on any atom is -0.309 e. The zero-order chi connectivity index (χ0) is 38.5. The van der Waals surface area contributed by atoms with E-state index in [9.17, 15) is 36.9 Å². The van der Waals surface area contributed by atoms with Gasteiger partial charge in [0, 0.05) is 33.2 Å². The average Bonchev–Trinajstić information content (AvgIpc) is 3.53. The number of hydrogen-bond donors (Lipinski definition) is 0. The summed E-state index contributed by atoms with van der Waals surface area (Å²) in [5.41, 5.74) is 0.188. The summed E-state index contributed by atoms with van der Waals surface area (Å²) < 4.78 is 87.3. The number of aromatic nitrogens is 4. The van der Waals surface area contributed by atoms with Crippen molar-refractivity contribution in [3.63, 3.8) is 0 Å².